The SMILES string of the molecule is C#CC(CC)Nc1ccc2c(c1)Cc1ccccc1-2. The van der Waals surface area contributed by atoms with Crippen LogP contribution in [0.25, 0.3) is 11.1 Å². The van der Waals surface area contributed by atoms with Crippen molar-refractivity contribution in [3.05, 3.63) is 53.6 Å². The van der Waals surface area contributed by atoms with Crippen LogP contribution in [0.15, 0.2) is 42.5 Å². The number of anilines is 1. The van der Waals surface area contributed by atoms with E-state index in [0.29, 0.717) is 0 Å². The number of rotatable bonds is 3. The zero-order valence-corrected chi connectivity index (χ0v) is 11.1. The molecule has 1 heteroatoms. The van der Waals surface area contributed by atoms with E-state index in [1.165, 1.54) is 22.3 Å². The van der Waals surface area contributed by atoms with E-state index < -0.39 is 0 Å². The van der Waals surface area contributed by atoms with E-state index in [9.17, 15) is 0 Å². The highest BCUT2D eigenvalue weighted by Gasteiger charge is 2.17. The second-order valence-corrected chi connectivity index (χ2v) is 4.98. The Hall–Kier alpha value is -2.20. The van der Waals surface area contributed by atoms with Gasteiger partial charge in [-0.05, 0) is 47.2 Å². The Morgan fingerprint density at radius 1 is 1.16 bits per heavy atom. The number of hydrogen-bond acceptors (Lipinski definition) is 1. The molecule has 0 bridgehead atoms. The van der Waals surface area contributed by atoms with Crippen LogP contribution in [0.3, 0.4) is 0 Å². The highest BCUT2D eigenvalue weighted by molar-refractivity contribution is 5.78. The minimum atomic E-state index is 0.113. The third-order valence-electron chi connectivity index (χ3n) is 3.74. The molecule has 0 spiro atoms. The summed E-state index contributed by atoms with van der Waals surface area (Å²) in [5.74, 6) is 2.77. The van der Waals surface area contributed by atoms with E-state index in [1.807, 2.05) is 0 Å². The Morgan fingerprint density at radius 2 is 1.95 bits per heavy atom. The summed E-state index contributed by atoms with van der Waals surface area (Å²) >= 11 is 0. The first-order valence-electron chi connectivity index (χ1n) is 6.75. The van der Waals surface area contributed by atoms with Crippen molar-refractivity contribution in [3.63, 3.8) is 0 Å². The van der Waals surface area contributed by atoms with E-state index in [-0.39, 0.29) is 6.04 Å². The van der Waals surface area contributed by atoms with Crippen molar-refractivity contribution in [1.29, 1.82) is 0 Å². The van der Waals surface area contributed by atoms with Crippen LogP contribution >= 0.6 is 0 Å². The van der Waals surface area contributed by atoms with Crippen LogP contribution in [0.5, 0.6) is 0 Å². The summed E-state index contributed by atoms with van der Waals surface area (Å²) in [5.41, 5.74) is 6.65. The van der Waals surface area contributed by atoms with Crippen LogP contribution in [0.2, 0.25) is 0 Å². The van der Waals surface area contributed by atoms with E-state index in [0.717, 1.165) is 18.5 Å². The minimum Gasteiger partial charge on any atom is -0.372 e. The van der Waals surface area contributed by atoms with Gasteiger partial charge in [0.05, 0.1) is 6.04 Å². The first-order valence-corrected chi connectivity index (χ1v) is 6.75. The lowest BCUT2D eigenvalue weighted by molar-refractivity contribution is 0.857. The van der Waals surface area contributed by atoms with Gasteiger partial charge in [-0.3, -0.25) is 0 Å². The summed E-state index contributed by atoms with van der Waals surface area (Å²) in [4.78, 5) is 0. The molecule has 0 aromatic heterocycles. The molecular weight excluding hydrogens is 230 g/mol. The molecule has 0 amide bonds. The van der Waals surface area contributed by atoms with Crippen LogP contribution in [0.1, 0.15) is 24.5 Å². The Morgan fingerprint density at radius 3 is 2.74 bits per heavy atom. The summed E-state index contributed by atoms with van der Waals surface area (Å²) in [6, 6.07) is 15.3. The van der Waals surface area contributed by atoms with Gasteiger partial charge >= 0.3 is 0 Å². The van der Waals surface area contributed by atoms with Crippen molar-refractivity contribution in [2.45, 2.75) is 25.8 Å². The molecule has 1 aliphatic rings. The molecule has 0 radical (unpaired) electrons. The lowest BCUT2D eigenvalue weighted by Crippen LogP contribution is -2.15. The van der Waals surface area contributed by atoms with Gasteiger partial charge in [0.25, 0.3) is 0 Å². The van der Waals surface area contributed by atoms with Crippen molar-refractivity contribution in [1.82, 2.24) is 0 Å². The maximum Gasteiger partial charge on any atom is 0.0871 e. The summed E-state index contributed by atoms with van der Waals surface area (Å²) in [6.07, 6.45) is 7.46. The monoisotopic (exact) mass is 247 g/mol. The summed E-state index contributed by atoms with van der Waals surface area (Å²) in [7, 11) is 0. The summed E-state index contributed by atoms with van der Waals surface area (Å²) in [6.45, 7) is 2.10. The van der Waals surface area contributed by atoms with Crippen molar-refractivity contribution in [3.8, 4) is 23.5 Å². The molecule has 94 valence electrons. The molecule has 19 heavy (non-hydrogen) atoms. The fourth-order valence-electron chi connectivity index (χ4n) is 2.70. The second-order valence-electron chi connectivity index (χ2n) is 4.98. The second kappa shape index (κ2) is 4.82. The number of fused-ring (bicyclic) bond motifs is 3. The maximum atomic E-state index is 5.50. The quantitative estimate of drug-likeness (QED) is 0.688. The average molecular weight is 247 g/mol. The molecule has 3 rings (SSSR count). The molecule has 1 unspecified atom stereocenters. The Bertz CT molecular complexity index is 649. The first kappa shape index (κ1) is 11.9. The highest BCUT2D eigenvalue weighted by atomic mass is 14.9. The maximum absolute atomic E-state index is 5.50. The molecule has 0 fully saturated rings. The largest absolute Gasteiger partial charge is 0.372 e. The summed E-state index contributed by atoms with van der Waals surface area (Å²) in [5, 5.41) is 3.40. The van der Waals surface area contributed by atoms with Crippen molar-refractivity contribution in [2.24, 2.45) is 0 Å². The van der Waals surface area contributed by atoms with Gasteiger partial charge in [-0.2, -0.15) is 0 Å². The van der Waals surface area contributed by atoms with Gasteiger partial charge in [0, 0.05) is 5.69 Å². The molecule has 2 aromatic carbocycles. The lowest BCUT2D eigenvalue weighted by Gasteiger charge is -2.13. The number of benzene rings is 2. The average Bonchev–Trinajstić information content (AvgIpc) is 2.82. The minimum absolute atomic E-state index is 0.113. The van der Waals surface area contributed by atoms with Gasteiger partial charge in [-0.15, -0.1) is 6.42 Å². The molecule has 0 heterocycles. The van der Waals surface area contributed by atoms with Crippen LogP contribution < -0.4 is 5.32 Å². The van der Waals surface area contributed by atoms with Gasteiger partial charge < -0.3 is 5.32 Å². The molecule has 2 aromatic rings. The zero-order chi connectivity index (χ0) is 13.2. The van der Waals surface area contributed by atoms with Gasteiger partial charge in [-0.1, -0.05) is 43.2 Å². The molecule has 1 nitrogen and oxygen atoms in total. The topological polar surface area (TPSA) is 12.0 Å². The van der Waals surface area contributed by atoms with Crippen LogP contribution in [0, 0.1) is 12.3 Å². The smallest absolute Gasteiger partial charge is 0.0871 e. The van der Waals surface area contributed by atoms with Gasteiger partial charge in [-0.25, -0.2) is 0 Å². The number of nitrogens with one attached hydrogen (secondary N) is 1. The van der Waals surface area contributed by atoms with E-state index in [1.54, 1.807) is 0 Å². The molecule has 1 N–H and O–H groups in total. The van der Waals surface area contributed by atoms with E-state index >= 15 is 0 Å². The predicted octanol–water partition coefficient (Wildman–Crippen LogP) is 4.08. The van der Waals surface area contributed by atoms with Crippen LogP contribution in [-0.4, -0.2) is 6.04 Å². The third-order valence-corrected chi connectivity index (χ3v) is 3.74. The van der Waals surface area contributed by atoms with Gasteiger partial charge in [0.1, 0.15) is 0 Å². The van der Waals surface area contributed by atoms with E-state index in [4.69, 9.17) is 6.42 Å². The molecule has 1 aliphatic carbocycles. The van der Waals surface area contributed by atoms with Crippen molar-refractivity contribution < 1.29 is 0 Å². The van der Waals surface area contributed by atoms with Crippen molar-refractivity contribution in [2.75, 3.05) is 5.32 Å². The van der Waals surface area contributed by atoms with Crippen LogP contribution in [0.4, 0.5) is 5.69 Å². The van der Waals surface area contributed by atoms with Crippen LogP contribution in [-0.2, 0) is 6.42 Å². The Kier molecular flexibility index (Phi) is 3.01. The number of hydrogen-bond donors (Lipinski definition) is 1. The van der Waals surface area contributed by atoms with Crippen molar-refractivity contribution >= 4 is 5.69 Å². The fourth-order valence-corrected chi connectivity index (χ4v) is 2.70. The normalized spacial score (nSPS) is 13.3. The first-order chi connectivity index (χ1) is 9.31. The zero-order valence-electron chi connectivity index (χ0n) is 11.1. The van der Waals surface area contributed by atoms with E-state index in [2.05, 4.69) is 60.6 Å². The molecule has 0 saturated heterocycles. The fraction of sp³-hybridized carbons (Fsp3) is 0.222. The highest BCUT2D eigenvalue weighted by Crippen LogP contribution is 2.37. The molecule has 0 aliphatic heterocycles. The van der Waals surface area contributed by atoms with Gasteiger partial charge in [0.15, 0.2) is 0 Å². The Labute approximate surface area is 114 Å². The standard InChI is InChI=1S/C18H17N/c1-3-15(4-2)19-16-9-10-18-14(12-16)11-13-7-5-6-8-17(13)18/h1,5-10,12,15,19H,4,11H2,2H3. The molecular formula is C18H17N. The summed E-state index contributed by atoms with van der Waals surface area (Å²) < 4.78 is 0. The molecule has 1 atom stereocenters. The number of terminal acetylenes is 1. The molecule has 0 saturated carbocycles. The predicted molar refractivity (Wildman–Crippen MR) is 81.2 cm³/mol. The third kappa shape index (κ3) is 2.11. The lowest BCUT2D eigenvalue weighted by atomic mass is 10.1. The Balaban J connectivity index is 1.92. The van der Waals surface area contributed by atoms with Gasteiger partial charge in [0.2, 0.25) is 0 Å².